The molecule has 0 aliphatic rings. The monoisotopic (exact) mass is 333 g/mol. The number of rotatable bonds is 4. The maximum absolute atomic E-state index is 5.72. The number of thiazole rings is 1. The maximum Gasteiger partial charge on any atom is 0.155 e. The highest BCUT2D eigenvalue weighted by Crippen LogP contribution is 2.38. The van der Waals surface area contributed by atoms with E-state index in [-0.39, 0.29) is 5.88 Å². The fourth-order valence-corrected chi connectivity index (χ4v) is 3.97. The van der Waals surface area contributed by atoms with E-state index in [1.807, 2.05) is 42.5 Å². The first-order valence-electron chi connectivity index (χ1n) is 6.28. The van der Waals surface area contributed by atoms with Gasteiger partial charge in [-0.2, -0.15) is 0 Å². The fraction of sp³-hybridized carbons (Fsp3) is 0.0667. The van der Waals surface area contributed by atoms with Gasteiger partial charge in [0.1, 0.15) is 5.84 Å². The summed E-state index contributed by atoms with van der Waals surface area (Å²) in [4.78, 5) is 9.99. The Kier molecular flexibility index (Phi) is 4.43. The molecule has 3 aromatic rings. The van der Waals surface area contributed by atoms with E-state index in [1.54, 1.807) is 23.1 Å². The lowest BCUT2D eigenvalue weighted by molar-refractivity contribution is 1.28. The zero-order chi connectivity index (χ0) is 14.7. The molecule has 0 unspecified atom stereocenters. The maximum atomic E-state index is 5.72. The zero-order valence-corrected chi connectivity index (χ0v) is 13.4. The molecule has 3 rings (SSSR count). The van der Waals surface area contributed by atoms with E-state index in [4.69, 9.17) is 17.3 Å². The van der Waals surface area contributed by atoms with Crippen molar-refractivity contribution < 1.29 is 0 Å². The Labute approximate surface area is 135 Å². The topological polar surface area (TPSA) is 51.3 Å². The summed E-state index contributed by atoms with van der Waals surface area (Å²) in [6.07, 6.45) is 0. The second kappa shape index (κ2) is 6.47. The van der Waals surface area contributed by atoms with E-state index >= 15 is 0 Å². The molecule has 3 nitrogen and oxygen atoms in total. The number of nitrogens with two attached hydrogens (primary N) is 1. The Morgan fingerprint density at radius 2 is 1.95 bits per heavy atom. The molecule has 0 saturated heterocycles. The summed E-state index contributed by atoms with van der Waals surface area (Å²) >= 11 is 8.96. The third kappa shape index (κ3) is 3.37. The molecule has 1 aromatic heterocycles. The molecule has 0 radical (unpaired) electrons. The van der Waals surface area contributed by atoms with Gasteiger partial charge in [-0.05, 0) is 24.3 Å². The van der Waals surface area contributed by atoms with Crippen LogP contribution in [0.1, 0.15) is 0 Å². The Morgan fingerprint density at radius 3 is 2.76 bits per heavy atom. The number of aromatic nitrogens is 1. The van der Waals surface area contributed by atoms with Gasteiger partial charge in [0.2, 0.25) is 0 Å². The molecule has 1 heterocycles. The number of alkyl halides is 1. The summed E-state index contributed by atoms with van der Waals surface area (Å²) in [5.41, 5.74) is 7.56. The highest BCUT2D eigenvalue weighted by molar-refractivity contribution is 8.01. The van der Waals surface area contributed by atoms with E-state index in [9.17, 15) is 0 Å². The van der Waals surface area contributed by atoms with E-state index in [0.717, 1.165) is 20.4 Å². The molecular formula is C15H12ClN3S2. The number of fused-ring (bicyclic) bond motifs is 1. The summed E-state index contributed by atoms with van der Waals surface area (Å²) in [7, 11) is 0. The number of amidine groups is 1. The third-order valence-electron chi connectivity index (χ3n) is 2.74. The van der Waals surface area contributed by atoms with Crippen LogP contribution in [0.5, 0.6) is 0 Å². The van der Waals surface area contributed by atoms with Gasteiger partial charge in [-0.3, -0.25) is 0 Å². The van der Waals surface area contributed by atoms with Crippen LogP contribution in [-0.4, -0.2) is 16.7 Å². The van der Waals surface area contributed by atoms with Crippen LogP contribution >= 0.6 is 34.7 Å². The number of nitrogens with zero attached hydrogens (tertiary/aromatic N) is 2. The average molecular weight is 334 g/mol. The van der Waals surface area contributed by atoms with Crippen LogP contribution in [0.3, 0.4) is 0 Å². The average Bonchev–Trinajstić information content (AvgIpc) is 2.91. The number of halogens is 1. The number of benzene rings is 2. The largest absolute Gasteiger partial charge is 0.386 e. The molecule has 0 bridgehead atoms. The van der Waals surface area contributed by atoms with Crippen LogP contribution in [-0.2, 0) is 0 Å². The van der Waals surface area contributed by atoms with Crippen molar-refractivity contribution in [1.82, 2.24) is 4.98 Å². The molecule has 21 heavy (non-hydrogen) atoms. The van der Waals surface area contributed by atoms with Crippen LogP contribution in [0.2, 0.25) is 0 Å². The van der Waals surface area contributed by atoms with Crippen LogP contribution in [0.25, 0.3) is 10.2 Å². The molecule has 6 heteroatoms. The lowest BCUT2D eigenvalue weighted by Gasteiger charge is -2.03. The van der Waals surface area contributed by atoms with Gasteiger partial charge in [-0.1, -0.05) is 36.0 Å². The van der Waals surface area contributed by atoms with E-state index in [1.165, 1.54) is 4.70 Å². The SMILES string of the molecule is NC(CCl)=Nc1ccccc1Sc1nc2ccccc2s1. The van der Waals surface area contributed by atoms with Crippen molar-refractivity contribution in [3.8, 4) is 0 Å². The van der Waals surface area contributed by atoms with Crippen LogP contribution < -0.4 is 5.73 Å². The van der Waals surface area contributed by atoms with E-state index in [2.05, 4.69) is 16.0 Å². The molecule has 0 atom stereocenters. The smallest absolute Gasteiger partial charge is 0.155 e. The number of hydrogen-bond acceptors (Lipinski definition) is 4. The number of aliphatic imine (C=N–C) groups is 1. The molecule has 0 aliphatic heterocycles. The summed E-state index contributed by atoms with van der Waals surface area (Å²) in [6.45, 7) is 0. The minimum absolute atomic E-state index is 0.222. The Hall–Kier alpha value is -1.56. The first-order valence-corrected chi connectivity index (χ1v) is 8.44. The van der Waals surface area contributed by atoms with Crippen molar-refractivity contribution >= 4 is 56.4 Å². The molecule has 0 spiro atoms. The Morgan fingerprint density at radius 1 is 1.19 bits per heavy atom. The van der Waals surface area contributed by atoms with Crippen molar-refractivity contribution in [3.63, 3.8) is 0 Å². The zero-order valence-electron chi connectivity index (χ0n) is 11.0. The van der Waals surface area contributed by atoms with E-state index in [0.29, 0.717) is 5.84 Å². The molecule has 0 amide bonds. The van der Waals surface area contributed by atoms with E-state index < -0.39 is 0 Å². The normalized spacial score (nSPS) is 12.0. The van der Waals surface area contributed by atoms with Gasteiger partial charge in [0.25, 0.3) is 0 Å². The standard InChI is InChI=1S/C15H12ClN3S2/c16-9-14(17)18-10-5-1-3-7-12(10)20-15-19-11-6-2-4-8-13(11)21-15/h1-8H,9H2,(H2,17,18). The lowest BCUT2D eigenvalue weighted by atomic mass is 10.3. The van der Waals surface area contributed by atoms with Crippen molar-refractivity contribution in [3.05, 3.63) is 48.5 Å². The predicted molar refractivity (Wildman–Crippen MR) is 92.2 cm³/mol. The molecule has 2 N–H and O–H groups in total. The van der Waals surface area contributed by atoms with Gasteiger partial charge in [-0.25, -0.2) is 9.98 Å². The lowest BCUT2D eigenvalue weighted by Crippen LogP contribution is -2.12. The van der Waals surface area contributed by atoms with Crippen LogP contribution in [0.15, 0.2) is 62.8 Å². The number of hydrogen-bond donors (Lipinski definition) is 1. The summed E-state index contributed by atoms with van der Waals surface area (Å²) < 4.78 is 2.17. The van der Waals surface area contributed by atoms with Crippen molar-refractivity contribution in [2.24, 2.45) is 10.7 Å². The minimum atomic E-state index is 0.222. The molecule has 0 fully saturated rings. The van der Waals surface area contributed by atoms with Gasteiger partial charge in [0, 0.05) is 4.90 Å². The Bertz CT molecular complexity index is 765. The molecular weight excluding hydrogens is 322 g/mol. The molecule has 0 saturated carbocycles. The Balaban J connectivity index is 1.94. The molecule has 106 valence electrons. The van der Waals surface area contributed by atoms with Gasteiger partial charge < -0.3 is 5.73 Å². The summed E-state index contributed by atoms with van der Waals surface area (Å²) in [6, 6.07) is 16.0. The highest BCUT2D eigenvalue weighted by atomic mass is 35.5. The molecule has 0 aliphatic carbocycles. The predicted octanol–water partition coefficient (Wildman–Crippen LogP) is 4.68. The highest BCUT2D eigenvalue weighted by Gasteiger charge is 2.08. The first-order chi connectivity index (χ1) is 10.3. The second-order valence-corrected chi connectivity index (χ2v) is 6.84. The van der Waals surface area contributed by atoms with Gasteiger partial charge in [0.05, 0.1) is 21.8 Å². The first kappa shape index (κ1) is 14.4. The second-order valence-electron chi connectivity index (χ2n) is 4.25. The van der Waals surface area contributed by atoms with Gasteiger partial charge in [-0.15, -0.1) is 22.9 Å². The number of para-hydroxylation sites is 2. The van der Waals surface area contributed by atoms with Crippen molar-refractivity contribution in [2.75, 3.05) is 5.88 Å². The quantitative estimate of drug-likeness (QED) is 0.428. The van der Waals surface area contributed by atoms with Crippen LogP contribution in [0.4, 0.5) is 5.69 Å². The molecule has 2 aromatic carbocycles. The van der Waals surface area contributed by atoms with Gasteiger partial charge >= 0.3 is 0 Å². The van der Waals surface area contributed by atoms with Crippen molar-refractivity contribution in [1.29, 1.82) is 0 Å². The minimum Gasteiger partial charge on any atom is -0.386 e. The fourth-order valence-electron chi connectivity index (χ4n) is 1.81. The summed E-state index contributed by atoms with van der Waals surface area (Å²) in [5, 5.41) is 0. The van der Waals surface area contributed by atoms with Crippen LogP contribution in [0, 0.1) is 0 Å². The summed E-state index contributed by atoms with van der Waals surface area (Å²) in [5.74, 6) is 0.633. The van der Waals surface area contributed by atoms with Crippen molar-refractivity contribution in [2.45, 2.75) is 9.24 Å². The third-order valence-corrected chi connectivity index (χ3v) is 5.17. The van der Waals surface area contributed by atoms with Gasteiger partial charge in [0.15, 0.2) is 4.34 Å².